The van der Waals surface area contributed by atoms with Gasteiger partial charge in [-0.15, -0.1) is 0 Å². The van der Waals surface area contributed by atoms with E-state index in [-0.39, 0.29) is 10.6 Å². The second-order valence-electron chi connectivity index (χ2n) is 7.42. The highest BCUT2D eigenvalue weighted by Crippen LogP contribution is 2.30. The molecule has 0 spiro atoms. The zero-order chi connectivity index (χ0) is 21.9. The Morgan fingerprint density at radius 2 is 1.80 bits per heavy atom. The van der Waals surface area contributed by atoms with Gasteiger partial charge in [-0.25, -0.2) is 12.8 Å². The smallest absolute Gasteiger partial charge is 0.272 e. The number of carbonyl (C=O) groups is 1. The van der Waals surface area contributed by atoms with Gasteiger partial charge in [0.05, 0.1) is 11.4 Å². The molecule has 1 aliphatic rings. The van der Waals surface area contributed by atoms with Crippen LogP contribution in [0.2, 0.25) is 0 Å². The van der Waals surface area contributed by atoms with E-state index in [9.17, 15) is 17.6 Å². The average Bonchev–Trinajstić information content (AvgIpc) is 3.12. The summed E-state index contributed by atoms with van der Waals surface area (Å²) in [5.74, 6) is -0.926. The molecule has 1 aromatic carbocycles. The second-order valence-corrected chi connectivity index (χ2v) is 9.36. The van der Waals surface area contributed by atoms with Gasteiger partial charge >= 0.3 is 0 Å². The Labute approximate surface area is 177 Å². The van der Waals surface area contributed by atoms with Crippen LogP contribution in [0.1, 0.15) is 43.6 Å². The van der Waals surface area contributed by atoms with E-state index in [2.05, 4.69) is 10.2 Å². The number of hydrogen-bond acceptors (Lipinski definition) is 4. The van der Waals surface area contributed by atoms with E-state index in [1.54, 1.807) is 27.0 Å². The molecule has 9 heteroatoms. The summed E-state index contributed by atoms with van der Waals surface area (Å²) in [4.78, 5) is 15.2. The maximum absolute atomic E-state index is 13.9. The fourth-order valence-corrected chi connectivity index (χ4v) is 5.35. The van der Waals surface area contributed by atoms with Crippen LogP contribution in [-0.2, 0) is 17.1 Å². The van der Waals surface area contributed by atoms with Gasteiger partial charge < -0.3 is 14.8 Å². The van der Waals surface area contributed by atoms with Gasteiger partial charge in [0.2, 0.25) is 10.0 Å². The van der Waals surface area contributed by atoms with E-state index in [0.29, 0.717) is 18.8 Å². The van der Waals surface area contributed by atoms with E-state index in [1.165, 1.54) is 33.3 Å². The maximum Gasteiger partial charge on any atom is 0.272 e. The normalized spacial score (nSPS) is 14.9. The molecule has 164 valence electrons. The first-order valence-corrected chi connectivity index (χ1v) is 11.7. The number of nitrogens with one attached hydrogen (secondary N) is 1. The monoisotopic (exact) mass is 436 g/mol. The standard InChI is InChI=1S/C21H29FN4O3S/c1-4-26(5-2)30(28,29)17-14-20(24(3)15-17)21(27)23-18-13-16(22)9-10-19(18)25-11-7-6-8-12-25/h9-10,13-15H,4-8,11-12H2,1-3H3,(H,23,27). The summed E-state index contributed by atoms with van der Waals surface area (Å²) >= 11 is 0. The minimum absolute atomic E-state index is 0.0642. The first-order chi connectivity index (χ1) is 14.3. The van der Waals surface area contributed by atoms with Crippen LogP contribution in [0.15, 0.2) is 35.4 Å². The fourth-order valence-electron chi connectivity index (χ4n) is 3.82. The number of halogens is 1. The van der Waals surface area contributed by atoms with E-state index in [1.807, 2.05) is 0 Å². The summed E-state index contributed by atoms with van der Waals surface area (Å²) in [5.41, 5.74) is 1.35. The Morgan fingerprint density at radius 3 is 2.43 bits per heavy atom. The SMILES string of the molecule is CCN(CC)S(=O)(=O)c1cc(C(=O)Nc2cc(F)ccc2N2CCCCC2)n(C)c1. The molecule has 1 saturated heterocycles. The largest absolute Gasteiger partial charge is 0.370 e. The summed E-state index contributed by atoms with van der Waals surface area (Å²) in [6.45, 7) is 5.93. The zero-order valence-electron chi connectivity index (χ0n) is 17.7. The minimum atomic E-state index is -3.68. The molecule has 0 saturated carbocycles. The Morgan fingerprint density at radius 1 is 1.13 bits per heavy atom. The van der Waals surface area contributed by atoms with Crippen LogP contribution in [0.3, 0.4) is 0 Å². The van der Waals surface area contributed by atoms with Crippen molar-refractivity contribution in [2.75, 3.05) is 36.4 Å². The molecule has 0 unspecified atom stereocenters. The second kappa shape index (κ2) is 9.18. The van der Waals surface area contributed by atoms with Gasteiger partial charge in [0.15, 0.2) is 0 Å². The van der Waals surface area contributed by atoms with E-state index >= 15 is 0 Å². The van der Waals surface area contributed by atoms with Crippen molar-refractivity contribution < 1.29 is 17.6 Å². The van der Waals surface area contributed by atoms with Crippen molar-refractivity contribution in [3.05, 3.63) is 42.0 Å². The third-order valence-corrected chi connectivity index (χ3v) is 7.47. The molecule has 1 amide bonds. The maximum atomic E-state index is 13.9. The lowest BCUT2D eigenvalue weighted by molar-refractivity contribution is 0.101. The summed E-state index contributed by atoms with van der Waals surface area (Å²) in [6.07, 6.45) is 4.69. The fraction of sp³-hybridized carbons (Fsp3) is 0.476. The van der Waals surface area contributed by atoms with Crippen LogP contribution < -0.4 is 10.2 Å². The third kappa shape index (κ3) is 4.52. The highest BCUT2D eigenvalue weighted by Gasteiger charge is 2.26. The first kappa shape index (κ1) is 22.3. The lowest BCUT2D eigenvalue weighted by Crippen LogP contribution is -2.30. The number of rotatable bonds is 7. The molecule has 2 aromatic rings. The number of carbonyl (C=O) groups excluding carboxylic acids is 1. The van der Waals surface area contributed by atoms with Gasteiger partial charge in [-0.2, -0.15) is 4.31 Å². The first-order valence-electron chi connectivity index (χ1n) is 10.3. The van der Waals surface area contributed by atoms with Crippen LogP contribution >= 0.6 is 0 Å². The molecule has 1 fully saturated rings. The lowest BCUT2D eigenvalue weighted by atomic mass is 10.1. The molecular weight excluding hydrogens is 407 g/mol. The third-order valence-electron chi connectivity index (χ3n) is 5.46. The summed E-state index contributed by atoms with van der Waals surface area (Å²) < 4.78 is 42.3. The van der Waals surface area contributed by atoms with E-state index in [0.717, 1.165) is 38.0 Å². The van der Waals surface area contributed by atoms with Crippen molar-refractivity contribution >= 4 is 27.3 Å². The van der Waals surface area contributed by atoms with Crippen LogP contribution in [0, 0.1) is 5.82 Å². The Kier molecular flexibility index (Phi) is 6.82. The lowest BCUT2D eigenvalue weighted by Gasteiger charge is -2.30. The number of hydrogen-bond donors (Lipinski definition) is 1. The molecule has 2 heterocycles. The number of amides is 1. The molecular formula is C21H29FN4O3S. The highest BCUT2D eigenvalue weighted by molar-refractivity contribution is 7.89. The van der Waals surface area contributed by atoms with Crippen molar-refractivity contribution in [1.29, 1.82) is 0 Å². The van der Waals surface area contributed by atoms with Crippen LogP contribution in [-0.4, -0.2) is 49.4 Å². The zero-order valence-corrected chi connectivity index (χ0v) is 18.5. The predicted molar refractivity (Wildman–Crippen MR) is 116 cm³/mol. The van der Waals surface area contributed by atoms with Gasteiger partial charge in [0.25, 0.3) is 5.91 Å². The number of nitrogens with zero attached hydrogens (tertiary/aromatic N) is 3. The number of aromatic nitrogens is 1. The predicted octanol–water partition coefficient (Wildman–Crippen LogP) is 3.44. The molecule has 1 aromatic heterocycles. The molecule has 3 rings (SSSR count). The molecule has 0 aliphatic carbocycles. The van der Waals surface area contributed by atoms with Gasteiger partial charge in [0, 0.05) is 39.4 Å². The Balaban J connectivity index is 1.89. The van der Waals surface area contributed by atoms with Crippen LogP contribution in [0.5, 0.6) is 0 Å². The molecule has 0 radical (unpaired) electrons. The number of benzene rings is 1. The molecule has 0 bridgehead atoms. The Bertz CT molecular complexity index is 1010. The van der Waals surface area contributed by atoms with E-state index in [4.69, 9.17) is 0 Å². The van der Waals surface area contributed by atoms with E-state index < -0.39 is 21.7 Å². The molecule has 1 N–H and O–H groups in total. The summed E-state index contributed by atoms with van der Waals surface area (Å²) in [7, 11) is -2.06. The number of aryl methyl sites for hydroxylation is 1. The molecule has 1 aliphatic heterocycles. The number of anilines is 2. The number of sulfonamides is 1. The summed E-state index contributed by atoms with van der Waals surface area (Å²) in [6, 6.07) is 5.73. The highest BCUT2D eigenvalue weighted by atomic mass is 32.2. The topological polar surface area (TPSA) is 74.7 Å². The minimum Gasteiger partial charge on any atom is -0.370 e. The molecule has 30 heavy (non-hydrogen) atoms. The summed E-state index contributed by atoms with van der Waals surface area (Å²) in [5, 5.41) is 2.78. The van der Waals surface area contributed by atoms with Crippen molar-refractivity contribution in [3.63, 3.8) is 0 Å². The average molecular weight is 437 g/mol. The van der Waals surface area contributed by atoms with Crippen molar-refractivity contribution in [2.45, 2.75) is 38.0 Å². The molecule has 7 nitrogen and oxygen atoms in total. The Hall–Kier alpha value is -2.39. The van der Waals surface area contributed by atoms with Gasteiger partial charge in [-0.05, 0) is 43.5 Å². The number of piperidine rings is 1. The van der Waals surface area contributed by atoms with Gasteiger partial charge in [0.1, 0.15) is 16.4 Å². The van der Waals surface area contributed by atoms with Crippen molar-refractivity contribution in [1.82, 2.24) is 8.87 Å². The quantitative estimate of drug-likeness (QED) is 0.722. The van der Waals surface area contributed by atoms with Crippen molar-refractivity contribution in [3.8, 4) is 0 Å². The van der Waals surface area contributed by atoms with Gasteiger partial charge in [-0.1, -0.05) is 13.8 Å². The van der Waals surface area contributed by atoms with Crippen LogP contribution in [0.25, 0.3) is 0 Å². The van der Waals surface area contributed by atoms with Crippen molar-refractivity contribution in [2.24, 2.45) is 7.05 Å². The van der Waals surface area contributed by atoms with Gasteiger partial charge in [-0.3, -0.25) is 4.79 Å². The molecule has 0 atom stereocenters. The van der Waals surface area contributed by atoms with Crippen LogP contribution in [0.4, 0.5) is 15.8 Å².